The molecule has 0 saturated heterocycles. The first-order valence-electron chi connectivity index (χ1n) is 3.94. The number of nitriles is 1. The predicted octanol–water partition coefficient (Wildman–Crippen LogP) is 1.42. The molecule has 0 radical (unpaired) electrons. The maximum atomic E-state index is 8.55. The zero-order valence-electron chi connectivity index (χ0n) is 6.84. The summed E-state index contributed by atoms with van der Waals surface area (Å²) >= 11 is 0. The molecule has 64 valence electrons. The van der Waals surface area contributed by atoms with Crippen LogP contribution in [-0.4, -0.2) is 10.7 Å². The first-order valence-corrected chi connectivity index (χ1v) is 3.94. The summed E-state index contributed by atoms with van der Waals surface area (Å²) in [5.74, 6) is 0. The van der Waals surface area contributed by atoms with Crippen molar-refractivity contribution in [2.45, 2.75) is 12.5 Å². The lowest BCUT2D eigenvalue weighted by Gasteiger charge is -2.05. The van der Waals surface area contributed by atoms with Crippen molar-refractivity contribution in [2.75, 3.05) is 0 Å². The fourth-order valence-corrected chi connectivity index (χ4v) is 1.17. The van der Waals surface area contributed by atoms with Gasteiger partial charge in [0.1, 0.15) is 6.07 Å². The molecule has 0 amide bonds. The summed E-state index contributed by atoms with van der Waals surface area (Å²) in [7, 11) is 0. The normalized spacial score (nSPS) is 20.2. The van der Waals surface area contributed by atoms with Crippen molar-refractivity contribution in [3.8, 4) is 6.07 Å². The van der Waals surface area contributed by atoms with Crippen LogP contribution < -0.4 is 0 Å². The first-order chi connectivity index (χ1) is 6.40. The van der Waals surface area contributed by atoms with Crippen molar-refractivity contribution in [2.24, 2.45) is 5.16 Å². The van der Waals surface area contributed by atoms with Crippen LogP contribution in [0.2, 0.25) is 0 Å². The second kappa shape index (κ2) is 3.23. The van der Waals surface area contributed by atoms with Gasteiger partial charge in [0.25, 0.3) is 0 Å². The molecular formula is C9H7N3O. The summed E-state index contributed by atoms with van der Waals surface area (Å²) in [6.45, 7) is 0. The van der Waals surface area contributed by atoms with Crippen molar-refractivity contribution in [1.29, 1.82) is 5.26 Å². The Morgan fingerprint density at radius 2 is 2.46 bits per heavy atom. The molecule has 4 heteroatoms. The fraction of sp³-hybridized carbons (Fsp3) is 0.222. The number of rotatable bonds is 1. The smallest absolute Gasteiger partial charge is 0.175 e. The molecule has 0 spiro atoms. The summed E-state index contributed by atoms with van der Waals surface area (Å²) in [5, 5.41) is 12.2. The van der Waals surface area contributed by atoms with Crippen molar-refractivity contribution in [1.82, 2.24) is 4.98 Å². The highest BCUT2D eigenvalue weighted by atomic mass is 16.6. The molecule has 4 nitrogen and oxygen atoms in total. The number of hydrogen-bond donors (Lipinski definition) is 0. The van der Waals surface area contributed by atoms with Gasteiger partial charge in [-0.1, -0.05) is 11.2 Å². The van der Waals surface area contributed by atoms with Gasteiger partial charge in [0.05, 0.1) is 5.69 Å². The van der Waals surface area contributed by atoms with Gasteiger partial charge in [0.15, 0.2) is 11.8 Å². The van der Waals surface area contributed by atoms with E-state index < -0.39 is 0 Å². The number of hydrogen-bond acceptors (Lipinski definition) is 4. The van der Waals surface area contributed by atoms with E-state index in [4.69, 9.17) is 10.1 Å². The van der Waals surface area contributed by atoms with Gasteiger partial charge in [-0.15, -0.1) is 0 Å². The van der Waals surface area contributed by atoms with Crippen LogP contribution in [0, 0.1) is 11.3 Å². The van der Waals surface area contributed by atoms with Crippen LogP contribution in [0.1, 0.15) is 18.2 Å². The minimum Gasteiger partial charge on any atom is -0.385 e. The lowest BCUT2D eigenvalue weighted by molar-refractivity contribution is 0.0826. The Balaban J connectivity index is 2.12. The molecule has 0 aromatic carbocycles. The molecule has 1 atom stereocenters. The summed E-state index contributed by atoms with van der Waals surface area (Å²) in [6.07, 6.45) is 2.03. The Hall–Kier alpha value is -1.89. The Kier molecular flexibility index (Phi) is 1.93. The number of oxime groups is 1. The second-order valence-corrected chi connectivity index (χ2v) is 2.70. The van der Waals surface area contributed by atoms with E-state index in [0.717, 1.165) is 5.69 Å². The van der Waals surface area contributed by atoms with E-state index in [0.29, 0.717) is 12.1 Å². The quantitative estimate of drug-likeness (QED) is 0.645. The second-order valence-electron chi connectivity index (χ2n) is 2.70. The first kappa shape index (κ1) is 7.74. The fourth-order valence-electron chi connectivity index (χ4n) is 1.17. The minimum absolute atomic E-state index is 0.184. The molecular weight excluding hydrogens is 166 g/mol. The minimum atomic E-state index is -0.184. The third-order valence-electron chi connectivity index (χ3n) is 1.82. The van der Waals surface area contributed by atoms with Gasteiger partial charge in [-0.3, -0.25) is 4.98 Å². The van der Waals surface area contributed by atoms with Crippen LogP contribution in [0.4, 0.5) is 0 Å². The monoisotopic (exact) mass is 173 g/mol. The third-order valence-corrected chi connectivity index (χ3v) is 1.82. The molecule has 1 aromatic heterocycles. The molecule has 0 fully saturated rings. The highest BCUT2D eigenvalue weighted by Crippen LogP contribution is 2.24. The van der Waals surface area contributed by atoms with Crippen molar-refractivity contribution >= 4 is 5.71 Å². The zero-order valence-corrected chi connectivity index (χ0v) is 6.84. The Labute approximate surface area is 75.5 Å². The molecule has 1 aliphatic heterocycles. The molecule has 0 saturated carbocycles. The van der Waals surface area contributed by atoms with Gasteiger partial charge in [-0.2, -0.15) is 5.26 Å². The predicted molar refractivity (Wildman–Crippen MR) is 45.7 cm³/mol. The number of pyridine rings is 1. The SMILES string of the molecule is N#CC1=NOC(c2ccccn2)C1. The van der Waals surface area contributed by atoms with E-state index in [1.807, 2.05) is 24.3 Å². The highest BCUT2D eigenvalue weighted by molar-refractivity contribution is 5.99. The van der Waals surface area contributed by atoms with Gasteiger partial charge in [-0.25, -0.2) is 0 Å². The molecule has 1 unspecified atom stereocenters. The van der Waals surface area contributed by atoms with E-state index in [-0.39, 0.29) is 6.10 Å². The van der Waals surface area contributed by atoms with Gasteiger partial charge in [-0.05, 0) is 12.1 Å². The summed E-state index contributed by atoms with van der Waals surface area (Å²) in [4.78, 5) is 9.17. The van der Waals surface area contributed by atoms with E-state index in [1.54, 1.807) is 6.20 Å². The molecule has 2 rings (SSSR count). The van der Waals surface area contributed by atoms with Crippen LogP contribution in [0.25, 0.3) is 0 Å². The number of nitrogens with zero attached hydrogens (tertiary/aromatic N) is 3. The lowest BCUT2D eigenvalue weighted by atomic mass is 10.1. The summed E-state index contributed by atoms with van der Waals surface area (Å²) in [5.41, 5.74) is 1.24. The van der Waals surface area contributed by atoms with Crippen molar-refractivity contribution in [3.63, 3.8) is 0 Å². The molecule has 2 heterocycles. The molecule has 1 aliphatic rings. The molecule has 0 N–H and O–H groups in total. The molecule has 0 aliphatic carbocycles. The molecule has 1 aromatic rings. The van der Waals surface area contributed by atoms with Crippen LogP contribution in [0.15, 0.2) is 29.6 Å². The Morgan fingerprint density at radius 3 is 3.08 bits per heavy atom. The molecule has 0 bridgehead atoms. The zero-order chi connectivity index (χ0) is 9.10. The Bertz CT molecular complexity index is 366. The van der Waals surface area contributed by atoms with Crippen LogP contribution >= 0.6 is 0 Å². The Morgan fingerprint density at radius 1 is 1.54 bits per heavy atom. The summed E-state index contributed by atoms with van der Waals surface area (Å²) in [6, 6.07) is 7.55. The van der Waals surface area contributed by atoms with Gasteiger partial charge >= 0.3 is 0 Å². The van der Waals surface area contributed by atoms with Crippen LogP contribution in [0.5, 0.6) is 0 Å². The van der Waals surface area contributed by atoms with Crippen molar-refractivity contribution < 1.29 is 4.84 Å². The van der Waals surface area contributed by atoms with E-state index in [2.05, 4.69) is 10.1 Å². The average molecular weight is 173 g/mol. The average Bonchev–Trinajstić information content (AvgIpc) is 2.67. The molecule has 13 heavy (non-hydrogen) atoms. The summed E-state index contributed by atoms with van der Waals surface area (Å²) < 4.78 is 0. The van der Waals surface area contributed by atoms with Crippen LogP contribution in [0.3, 0.4) is 0 Å². The van der Waals surface area contributed by atoms with Gasteiger partial charge < -0.3 is 4.84 Å². The number of aromatic nitrogens is 1. The topological polar surface area (TPSA) is 58.3 Å². The van der Waals surface area contributed by atoms with E-state index in [1.165, 1.54) is 0 Å². The maximum absolute atomic E-state index is 8.55. The third kappa shape index (κ3) is 1.49. The van der Waals surface area contributed by atoms with Gasteiger partial charge in [0.2, 0.25) is 0 Å². The standard InChI is InChI=1S/C9H7N3O/c10-6-7-5-9(13-12-7)8-3-1-2-4-11-8/h1-4,9H,5H2. The largest absolute Gasteiger partial charge is 0.385 e. The van der Waals surface area contributed by atoms with Crippen molar-refractivity contribution in [3.05, 3.63) is 30.1 Å². The van der Waals surface area contributed by atoms with E-state index in [9.17, 15) is 0 Å². The van der Waals surface area contributed by atoms with Gasteiger partial charge in [0, 0.05) is 12.6 Å². The highest BCUT2D eigenvalue weighted by Gasteiger charge is 2.23. The van der Waals surface area contributed by atoms with E-state index >= 15 is 0 Å². The van der Waals surface area contributed by atoms with Crippen LogP contribution in [-0.2, 0) is 4.84 Å². The maximum Gasteiger partial charge on any atom is 0.175 e. The lowest BCUT2D eigenvalue weighted by Crippen LogP contribution is -2.00.